The molecule has 0 fully saturated rings. The summed E-state index contributed by atoms with van der Waals surface area (Å²) in [6.45, 7) is 3.94. The summed E-state index contributed by atoms with van der Waals surface area (Å²) in [5.41, 5.74) is 0.0381. The molecule has 0 saturated carbocycles. The first-order chi connectivity index (χ1) is 11.1. The lowest BCUT2D eigenvalue weighted by atomic mass is 10.2. The fourth-order valence-electron chi connectivity index (χ4n) is 2.36. The summed E-state index contributed by atoms with van der Waals surface area (Å²) in [6.07, 6.45) is 3.24. The topological polar surface area (TPSA) is 66.5 Å². The molecule has 0 radical (unpaired) electrons. The Kier molecular flexibility index (Phi) is 7.59. The number of amides is 1. The van der Waals surface area contributed by atoms with Gasteiger partial charge < -0.3 is 5.32 Å². The van der Waals surface area contributed by atoms with E-state index in [1.54, 1.807) is 0 Å². The molecule has 5 nitrogen and oxygen atoms in total. The van der Waals surface area contributed by atoms with Gasteiger partial charge in [0.1, 0.15) is 0 Å². The second kappa shape index (κ2) is 8.96. The van der Waals surface area contributed by atoms with E-state index in [1.165, 1.54) is 6.07 Å². The van der Waals surface area contributed by atoms with E-state index in [4.69, 9.17) is 0 Å². The van der Waals surface area contributed by atoms with E-state index in [0.717, 1.165) is 35.5 Å². The Morgan fingerprint density at radius 2 is 1.96 bits per heavy atom. The second-order valence-corrected chi connectivity index (χ2v) is 7.70. The first kappa shape index (κ1) is 20.3. The first-order valence-corrected chi connectivity index (χ1v) is 9.72. The van der Waals surface area contributed by atoms with Crippen molar-refractivity contribution in [3.05, 3.63) is 29.8 Å². The lowest BCUT2D eigenvalue weighted by Gasteiger charge is -2.22. The summed E-state index contributed by atoms with van der Waals surface area (Å²) in [5, 5.41) is 2.83. The van der Waals surface area contributed by atoms with Gasteiger partial charge in [-0.2, -0.15) is 0 Å². The molecule has 8 heteroatoms. The van der Waals surface area contributed by atoms with Crippen LogP contribution in [0.3, 0.4) is 0 Å². The van der Waals surface area contributed by atoms with Crippen molar-refractivity contribution in [1.29, 1.82) is 0 Å². The van der Waals surface area contributed by atoms with E-state index in [9.17, 15) is 22.0 Å². The van der Waals surface area contributed by atoms with Crippen molar-refractivity contribution in [1.82, 2.24) is 5.32 Å². The molecule has 0 aliphatic carbocycles. The zero-order chi connectivity index (χ0) is 18.3. The predicted molar refractivity (Wildman–Crippen MR) is 90.3 cm³/mol. The highest BCUT2D eigenvalue weighted by Gasteiger charge is 2.19. The third-order valence-electron chi connectivity index (χ3n) is 3.49. The van der Waals surface area contributed by atoms with Gasteiger partial charge in [-0.05, 0) is 31.9 Å². The van der Waals surface area contributed by atoms with E-state index in [2.05, 4.69) is 5.32 Å². The van der Waals surface area contributed by atoms with Gasteiger partial charge in [0.2, 0.25) is 15.9 Å². The van der Waals surface area contributed by atoms with Gasteiger partial charge in [0.15, 0.2) is 11.6 Å². The summed E-state index contributed by atoms with van der Waals surface area (Å²) >= 11 is 0. The van der Waals surface area contributed by atoms with Gasteiger partial charge >= 0.3 is 0 Å². The molecule has 1 N–H and O–H groups in total. The summed E-state index contributed by atoms with van der Waals surface area (Å²) in [5.74, 6) is -2.32. The van der Waals surface area contributed by atoms with Crippen molar-refractivity contribution in [3.63, 3.8) is 0 Å². The largest absolute Gasteiger partial charge is 0.354 e. The number of anilines is 1. The van der Waals surface area contributed by atoms with Crippen LogP contribution < -0.4 is 9.62 Å². The van der Waals surface area contributed by atoms with E-state index >= 15 is 0 Å². The zero-order valence-corrected chi connectivity index (χ0v) is 15.0. The average Bonchev–Trinajstić information content (AvgIpc) is 2.45. The number of carbonyl (C=O) groups excluding carboxylic acids is 1. The van der Waals surface area contributed by atoms with Crippen molar-refractivity contribution in [2.75, 3.05) is 17.1 Å². The third kappa shape index (κ3) is 6.43. The molecule has 0 spiro atoms. The van der Waals surface area contributed by atoms with Gasteiger partial charge in [0, 0.05) is 25.1 Å². The Labute approximate surface area is 142 Å². The van der Waals surface area contributed by atoms with E-state index < -0.39 is 21.7 Å². The van der Waals surface area contributed by atoms with Crippen LogP contribution in [0.2, 0.25) is 0 Å². The van der Waals surface area contributed by atoms with Crippen molar-refractivity contribution in [3.8, 4) is 0 Å². The smallest absolute Gasteiger partial charge is 0.232 e. The van der Waals surface area contributed by atoms with E-state index in [1.807, 2.05) is 13.8 Å². The molecule has 1 amide bonds. The predicted octanol–water partition coefficient (Wildman–Crippen LogP) is 2.82. The van der Waals surface area contributed by atoms with Crippen molar-refractivity contribution in [2.24, 2.45) is 0 Å². The highest BCUT2D eigenvalue weighted by Crippen LogP contribution is 2.21. The van der Waals surface area contributed by atoms with Crippen molar-refractivity contribution in [2.45, 2.75) is 45.6 Å². The van der Waals surface area contributed by atoms with Crippen LogP contribution in [0.15, 0.2) is 18.2 Å². The van der Waals surface area contributed by atoms with E-state index in [0.29, 0.717) is 0 Å². The molecule has 0 aromatic heterocycles. The number of carbonyl (C=O) groups is 1. The van der Waals surface area contributed by atoms with Crippen molar-refractivity contribution >= 4 is 21.6 Å². The Morgan fingerprint density at radius 1 is 1.29 bits per heavy atom. The SMILES string of the molecule is CCCC(C)NC(=O)CCCN(c1ccc(F)c(F)c1)S(C)(=O)=O. The molecule has 1 aromatic rings. The maximum absolute atomic E-state index is 13.3. The number of nitrogens with one attached hydrogen (secondary N) is 1. The van der Waals surface area contributed by atoms with Crippen molar-refractivity contribution < 1.29 is 22.0 Å². The first-order valence-electron chi connectivity index (χ1n) is 7.87. The summed E-state index contributed by atoms with van der Waals surface area (Å²) < 4.78 is 51.1. The van der Waals surface area contributed by atoms with Crippen LogP contribution in [-0.4, -0.2) is 33.2 Å². The summed E-state index contributed by atoms with van der Waals surface area (Å²) in [4.78, 5) is 11.8. The third-order valence-corrected chi connectivity index (χ3v) is 4.68. The van der Waals surface area contributed by atoms with Gasteiger partial charge in [-0.1, -0.05) is 13.3 Å². The molecular weight excluding hydrogens is 338 g/mol. The molecule has 24 heavy (non-hydrogen) atoms. The van der Waals surface area contributed by atoms with Crippen LogP contribution in [0.25, 0.3) is 0 Å². The van der Waals surface area contributed by atoms with Gasteiger partial charge in [-0.3, -0.25) is 9.10 Å². The number of hydrogen-bond acceptors (Lipinski definition) is 3. The maximum atomic E-state index is 13.3. The Hall–Kier alpha value is -1.70. The molecular formula is C16H24F2N2O3S. The number of sulfonamides is 1. The molecule has 136 valence electrons. The highest BCUT2D eigenvalue weighted by molar-refractivity contribution is 7.92. The van der Waals surface area contributed by atoms with E-state index in [-0.39, 0.29) is 37.0 Å². The number of benzene rings is 1. The fraction of sp³-hybridized carbons (Fsp3) is 0.562. The van der Waals surface area contributed by atoms with Crippen LogP contribution in [0.5, 0.6) is 0 Å². The minimum Gasteiger partial charge on any atom is -0.354 e. The Bertz CT molecular complexity index is 665. The molecule has 0 aliphatic heterocycles. The summed E-state index contributed by atoms with van der Waals surface area (Å²) in [6, 6.07) is 2.98. The summed E-state index contributed by atoms with van der Waals surface area (Å²) in [7, 11) is -3.66. The normalized spacial score (nSPS) is 12.7. The lowest BCUT2D eigenvalue weighted by Crippen LogP contribution is -2.34. The highest BCUT2D eigenvalue weighted by atomic mass is 32.2. The Balaban J connectivity index is 2.69. The molecule has 1 rings (SSSR count). The molecule has 0 aliphatic rings. The minimum atomic E-state index is -3.66. The molecule has 0 bridgehead atoms. The Morgan fingerprint density at radius 3 is 2.50 bits per heavy atom. The number of hydrogen-bond donors (Lipinski definition) is 1. The van der Waals surface area contributed by atoms with Gasteiger partial charge in [-0.25, -0.2) is 17.2 Å². The zero-order valence-electron chi connectivity index (χ0n) is 14.2. The standard InChI is InChI=1S/C16H24F2N2O3S/c1-4-6-12(2)19-16(21)7-5-10-20(24(3,22)23)13-8-9-14(17)15(18)11-13/h8-9,11-12H,4-7,10H2,1-3H3,(H,19,21). The van der Waals surface area contributed by atoms with Crippen LogP contribution in [0, 0.1) is 11.6 Å². The molecule has 1 atom stereocenters. The molecule has 0 heterocycles. The lowest BCUT2D eigenvalue weighted by molar-refractivity contribution is -0.121. The van der Waals surface area contributed by atoms with Gasteiger partial charge in [0.05, 0.1) is 11.9 Å². The second-order valence-electron chi connectivity index (χ2n) is 5.79. The monoisotopic (exact) mass is 362 g/mol. The maximum Gasteiger partial charge on any atom is 0.232 e. The number of nitrogens with zero attached hydrogens (tertiary/aromatic N) is 1. The molecule has 1 unspecified atom stereocenters. The fourth-order valence-corrected chi connectivity index (χ4v) is 3.32. The number of halogens is 2. The van der Waals surface area contributed by atoms with Crippen LogP contribution in [0.1, 0.15) is 39.5 Å². The van der Waals surface area contributed by atoms with Gasteiger partial charge in [0.25, 0.3) is 0 Å². The molecule has 0 saturated heterocycles. The van der Waals surface area contributed by atoms with Crippen LogP contribution in [-0.2, 0) is 14.8 Å². The number of rotatable bonds is 9. The van der Waals surface area contributed by atoms with Crippen LogP contribution >= 0.6 is 0 Å². The average molecular weight is 362 g/mol. The minimum absolute atomic E-state index is 0.0134. The molecule has 1 aromatic carbocycles. The van der Waals surface area contributed by atoms with Crippen LogP contribution in [0.4, 0.5) is 14.5 Å². The van der Waals surface area contributed by atoms with Gasteiger partial charge in [-0.15, -0.1) is 0 Å². The quantitative estimate of drug-likeness (QED) is 0.735.